The largest absolute Gasteiger partial charge is 0.337 e. The minimum absolute atomic E-state index is 0.311. The van der Waals surface area contributed by atoms with Gasteiger partial charge in [-0.05, 0) is 51.7 Å². The van der Waals surface area contributed by atoms with Crippen LogP contribution in [-0.2, 0) is 0 Å². The third kappa shape index (κ3) is 5.16. The number of aliphatic imine (C=N–C) groups is 1. The molecule has 0 bridgehead atoms. The van der Waals surface area contributed by atoms with Gasteiger partial charge in [0, 0.05) is 54.3 Å². The van der Waals surface area contributed by atoms with Gasteiger partial charge in [-0.3, -0.25) is 5.32 Å². The number of hydrogen-bond donors (Lipinski definition) is 2. The van der Waals surface area contributed by atoms with Crippen molar-refractivity contribution in [3.05, 3.63) is 223 Å². The Morgan fingerprint density at radius 3 is 1.48 bits per heavy atom. The molecule has 5 nitrogen and oxygen atoms in total. The van der Waals surface area contributed by atoms with Crippen molar-refractivity contribution in [2.75, 3.05) is 0 Å². The zero-order chi connectivity index (χ0) is 40.7. The van der Waals surface area contributed by atoms with E-state index in [1.54, 1.807) is 0 Å². The molecule has 0 saturated carbocycles. The average Bonchev–Trinajstić information content (AvgIpc) is 3.89. The average molecular weight is 794 g/mol. The lowest BCUT2D eigenvalue weighted by Gasteiger charge is -2.34. The molecule has 0 spiro atoms. The summed E-state index contributed by atoms with van der Waals surface area (Å²) in [5.74, 6) is 0.850. The first kappa shape index (κ1) is 34.8. The molecule has 5 heteroatoms. The number of benzene rings is 10. The fourth-order valence-corrected chi connectivity index (χ4v) is 10.3. The molecule has 2 N–H and O–H groups in total. The normalized spacial score (nSPS) is 15.6. The maximum Gasteiger partial charge on any atom is 0.162 e. The Kier molecular flexibility index (Phi) is 7.74. The third-order valence-electron chi connectivity index (χ3n) is 12.9. The molecule has 13 rings (SSSR count). The molecule has 0 radical (unpaired) electrons. The maximum absolute atomic E-state index is 5.37. The van der Waals surface area contributed by atoms with Crippen molar-refractivity contribution in [3.63, 3.8) is 0 Å². The fraction of sp³-hybridized carbons (Fsp3) is 0.0351. The molecule has 2 aromatic heterocycles. The number of rotatable bonds is 5. The van der Waals surface area contributed by atoms with Gasteiger partial charge in [0.15, 0.2) is 6.29 Å². The molecule has 0 aliphatic carbocycles. The van der Waals surface area contributed by atoms with Crippen molar-refractivity contribution in [1.82, 2.24) is 19.8 Å². The molecule has 0 fully saturated rings. The lowest BCUT2D eigenvalue weighted by atomic mass is 9.89. The summed E-state index contributed by atoms with van der Waals surface area (Å²) in [6.07, 6.45) is -0.659. The molecule has 10 aromatic carbocycles. The highest BCUT2D eigenvalue weighted by Crippen LogP contribution is 2.50. The Bertz CT molecular complexity index is 3730. The predicted octanol–water partition coefficient (Wildman–Crippen LogP) is 13.8. The minimum atomic E-state index is -0.347. The fourth-order valence-electron chi connectivity index (χ4n) is 10.3. The van der Waals surface area contributed by atoms with Crippen LogP contribution in [0.25, 0.3) is 92.7 Å². The van der Waals surface area contributed by atoms with Crippen molar-refractivity contribution in [3.8, 4) is 16.8 Å². The molecule has 0 amide bonds. The summed E-state index contributed by atoms with van der Waals surface area (Å²) in [7, 11) is 0. The first-order chi connectivity index (χ1) is 30.8. The smallest absolute Gasteiger partial charge is 0.162 e. The molecule has 1 aliphatic heterocycles. The number of fused-ring (bicyclic) bond motifs is 15. The van der Waals surface area contributed by atoms with Gasteiger partial charge in [0.05, 0.1) is 22.1 Å². The molecule has 292 valence electrons. The summed E-state index contributed by atoms with van der Waals surface area (Å²) in [5.41, 5.74) is 10.4. The van der Waals surface area contributed by atoms with Crippen LogP contribution in [-0.4, -0.2) is 15.0 Å². The van der Waals surface area contributed by atoms with Crippen LogP contribution in [0.15, 0.2) is 217 Å². The van der Waals surface area contributed by atoms with E-state index in [2.05, 4.69) is 232 Å². The van der Waals surface area contributed by atoms with Gasteiger partial charge in [-0.15, -0.1) is 0 Å². The Balaban J connectivity index is 1.13. The second-order valence-corrected chi connectivity index (χ2v) is 16.3. The van der Waals surface area contributed by atoms with E-state index in [9.17, 15) is 0 Å². The molecule has 0 saturated heterocycles. The maximum atomic E-state index is 5.37. The molecular weight excluding hydrogens is 755 g/mol. The summed E-state index contributed by atoms with van der Waals surface area (Å²) >= 11 is 0. The number of nitrogens with one attached hydrogen (secondary N) is 2. The molecular formula is C57H39N5. The predicted molar refractivity (Wildman–Crippen MR) is 259 cm³/mol. The number of hydrogen-bond acceptors (Lipinski definition) is 3. The molecule has 2 atom stereocenters. The van der Waals surface area contributed by atoms with Crippen molar-refractivity contribution in [1.29, 1.82) is 0 Å². The van der Waals surface area contributed by atoms with Crippen LogP contribution >= 0.6 is 0 Å². The standard InChI is InChI=1S/C57H39N5/c1-4-18-36(19-5-1)37-32-34-39(35-33-37)56-58-55(38-20-6-2-7-21-38)59-57(60-56)62-48-31-17-15-29-46(48)52-50-41-24-10-12-26-43(41)53-51(49(50)42-25-11-13-27-44(42)54(52)62)45-28-14-16-30-47(45)61(53)40-22-8-3-9-23-40/h1-35,56-57,60H,(H,58,59). The van der Waals surface area contributed by atoms with E-state index in [4.69, 9.17) is 4.99 Å². The zero-order valence-corrected chi connectivity index (χ0v) is 33.7. The highest BCUT2D eigenvalue weighted by Gasteiger charge is 2.31. The summed E-state index contributed by atoms with van der Waals surface area (Å²) in [6.45, 7) is 0. The second kappa shape index (κ2) is 13.8. The van der Waals surface area contributed by atoms with E-state index < -0.39 is 0 Å². The third-order valence-corrected chi connectivity index (χ3v) is 12.9. The molecule has 2 unspecified atom stereocenters. The van der Waals surface area contributed by atoms with E-state index in [1.165, 1.54) is 81.5 Å². The molecule has 3 heterocycles. The lowest BCUT2D eigenvalue weighted by Crippen LogP contribution is -2.47. The second-order valence-electron chi connectivity index (χ2n) is 16.3. The monoisotopic (exact) mass is 793 g/mol. The number of aromatic nitrogens is 2. The van der Waals surface area contributed by atoms with Crippen molar-refractivity contribution in [2.24, 2.45) is 4.99 Å². The van der Waals surface area contributed by atoms with E-state index in [-0.39, 0.29) is 12.5 Å². The van der Waals surface area contributed by atoms with Gasteiger partial charge in [0.2, 0.25) is 0 Å². The van der Waals surface area contributed by atoms with Crippen LogP contribution in [0.1, 0.15) is 23.6 Å². The lowest BCUT2D eigenvalue weighted by molar-refractivity contribution is 0.330. The van der Waals surface area contributed by atoms with Gasteiger partial charge < -0.3 is 14.5 Å². The van der Waals surface area contributed by atoms with Crippen LogP contribution in [0.3, 0.4) is 0 Å². The Morgan fingerprint density at radius 2 is 0.839 bits per heavy atom. The van der Waals surface area contributed by atoms with E-state index >= 15 is 0 Å². The minimum Gasteiger partial charge on any atom is -0.337 e. The highest BCUT2D eigenvalue weighted by atomic mass is 15.4. The SMILES string of the molecule is c1ccc(C2=NC(c3ccc(-c4ccccc4)cc3)NC(n3c4ccccc4c4c5c6ccccc6c6c(c7ccccc7n6-c6ccccc6)c5c5ccccc5c43)N2)cc1. The Labute approximate surface area is 357 Å². The van der Waals surface area contributed by atoms with Crippen LogP contribution < -0.4 is 10.6 Å². The van der Waals surface area contributed by atoms with E-state index in [0.717, 1.165) is 28.2 Å². The van der Waals surface area contributed by atoms with Crippen molar-refractivity contribution < 1.29 is 0 Å². The van der Waals surface area contributed by atoms with Gasteiger partial charge >= 0.3 is 0 Å². The molecule has 12 aromatic rings. The van der Waals surface area contributed by atoms with Crippen molar-refractivity contribution in [2.45, 2.75) is 12.5 Å². The summed E-state index contributed by atoms with van der Waals surface area (Å²) in [5, 5.41) is 20.4. The van der Waals surface area contributed by atoms with Gasteiger partial charge in [0.25, 0.3) is 0 Å². The molecule has 1 aliphatic rings. The van der Waals surface area contributed by atoms with Gasteiger partial charge in [-0.2, -0.15) is 0 Å². The van der Waals surface area contributed by atoms with Crippen LogP contribution in [0, 0.1) is 0 Å². The van der Waals surface area contributed by atoms with Gasteiger partial charge in [-0.1, -0.05) is 188 Å². The molecule has 62 heavy (non-hydrogen) atoms. The van der Waals surface area contributed by atoms with Crippen LogP contribution in [0.5, 0.6) is 0 Å². The number of amidine groups is 1. The van der Waals surface area contributed by atoms with Gasteiger partial charge in [-0.25, -0.2) is 4.99 Å². The van der Waals surface area contributed by atoms with E-state index in [0.29, 0.717) is 0 Å². The summed E-state index contributed by atoms with van der Waals surface area (Å²) in [4.78, 5) is 5.37. The van der Waals surface area contributed by atoms with Crippen LogP contribution in [0.4, 0.5) is 0 Å². The Hall–Kier alpha value is -7.99. The number of para-hydroxylation sites is 3. The van der Waals surface area contributed by atoms with Gasteiger partial charge in [0.1, 0.15) is 12.0 Å². The van der Waals surface area contributed by atoms with Crippen molar-refractivity contribution >= 4 is 81.8 Å². The first-order valence-corrected chi connectivity index (χ1v) is 21.4. The topological polar surface area (TPSA) is 46.3 Å². The number of nitrogens with zero attached hydrogens (tertiary/aromatic N) is 3. The van der Waals surface area contributed by atoms with E-state index in [1.807, 2.05) is 0 Å². The summed E-state index contributed by atoms with van der Waals surface area (Å²) in [6, 6.07) is 76.7. The first-order valence-electron chi connectivity index (χ1n) is 21.4. The Morgan fingerprint density at radius 1 is 0.371 bits per heavy atom. The van der Waals surface area contributed by atoms with Crippen LogP contribution in [0.2, 0.25) is 0 Å². The zero-order valence-electron chi connectivity index (χ0n) is 33.7. The quantitative estimate of drug-likeness (QED) is 0.171. The summed E-state index contributed by atoms with van der Waals surface area (Å²) < 4.78 is 4.98. The highest BCUT2D eigenvalue weighted by molar-refractivity contribution is 6.45.